The number of hydrogen-bond donors (Lipinski definition) is 0. The van der Waals surface area contributed by atoms with E-state index in [0.717, 1.165) is 35.3 Å². The van der Waals surface area contributed by atoms with Crippen LogP contribution in [0.15, 0.2) is 274 Å². The van der Waals surface area contributed by atoms with Crippen LogP contribution in [-0.4, -0.2) is 0 Å². The fraction of sp³-hybridized carbons (Fsp3) is 0.118. The summed E-state index contributed by atoms with van der Waals surface area (Å²) in [6, 6.07) is 90.6. The van der Waals surface area contributed by atoms with Gasteiger partial charge in [-0.05, 0) is 178 Å². The number of rotatable bonds is 11. The van der Waals surface area contributed by atoms with Gasteiger partial charge in [0.2, 0.25) is 0 Å². The molecule has 0 spiro atoms. The zero-order valence-electron chi connectivity index (χ0n) is 39.8. The highest BCUT2D eigenvalue weighted by molar-refractivity contribution is 8.34. The summed E-state index contributed by atoms with van der Waals surface area (Å²) in [5, 5.41) is 2.51. The first-order valence-electron chi connectivity index (χ1n) is 25.0. The van der Waals surface area contributed by atoms with Crippen molar-refractivity contribution in [3.8, 4) is 44.5 Å². The average molecular weight is 920 g/mol. The Balaban J connectivity index is 0.921. The van der Waals surface area contributed by atoms with Crippen molar-refractivity contribution in [2.45, 2.75) is 58.6 Å². The molecular formula is C68H57NS. The summed E-state index contributed by atoms with van der Waals surface area (Å²) in [5.41, 5.74) is 16.2. The molecule has 0 amide bonds. The lowest BCUT2D eigenvalue weighted by Gasteiger charge is -2.39. The van der Waals surface area contributed by atoms with Crippen LogP contribution >= 0.6 is 10.0 Å². The van der Waals surface area contributed by atoms with Gasteiger partial charge in [0.25, 0.3) is 0 Å². The Bertz CT molecular complexity index is 3410. The molecule has 2 heteroatoms. The van der Waals surface area contributed by atoms with E-state index in [0.29, 0.717) is 0 Å². The normalized spacial score (nSPS) is 16.3. The van der Waals surface area contributed by atoms with Gasteiger partial charge in [-0.2, -0.15) is 0 Å². The minimum absolute atomic E-state index is 0.756. The van der Waals surface area contributed by atoms with Crippen LogP contribution < -0.4 is 4.90 Å². The number of anilines is 3. The van der Waals surface area contributed by atoms with Crippen LogP contribution in [0.25, 0.3) is 55.3 Å². The van der Waals surface area contributed by atoms with Gasteiger partial charge in [-0.3, -0.25) is 0 Å². The molecule has 12 rings (SSSR count). The van der Waals surface area contributed by atoms with Gasteiger partial charge in [-0.15, -0.1) is 10.0 Å². The molecule has 0 N–H and O–H groups in total. The van der Waals surface area contributed by atoms with Crippen molar-refractivity contribution in [3.05, 3.63) is 260 Å². The van der Waals surface area contributed by atoms with E-state index in [1.807, 2.05) is 0 Å². The van der Waals surface area contributed by atoms with Crippen LogP contribution in [0.4, 0.5) is 17.1 Å². The van der Waals surface area contributed by atoms with E-state index < -0.39 is 10.0 Å². The van der Waals surface area contributed by atoms with Crippen LogP contribution in [-0.2, 0) is 6.42 Å². The van der Waals surface area contributed by atoms with E-state index in [2.05, 4.69) is 261 Å². The van der Waals surface area contributed by atoms with Crippen molar-refractivity contribution in [2.75, 3.05) is 4.90 Å². The van der Waals surface area contributed by atoms with Crippen LogP contribution in [0.2, 0.25) is 0 Å². The maximum atomic E-state index is 4.34. The first-order valence-corrected chi connectivity index (χ1v) is 26.7. The molecule has 70 heavy (non-hydrogen) atoms. The van der Waals surface area contributed by atoms with Gasteiger partial charge in [0.15, 0.2) is 0 Å². The molecule has 2 aliphatic rings. The van der Waals surface area contributed by atoms with E-state index in [-0.39, 0.29) is 0 Å². The molecule has 0 bridgehead atoms. The Labute approximate surface area is 415 Å². The Kier molecular flexibility index (Phi) is 11.6. The van der Waals surface area contributed by atoms with Crippen molar-refractivity contribution in [1.82, 2.24) is 0 Å². The predicted molar refractivity (Wildman–Crippen MR) is 298 cm³/mol. The van der Waals surface area contributed by atoms with E-state index in [9.17, 15) is 0 Å². The third kappa shape index (κ3) is 7.97. The smallest absolute Gasteiger partial charge is 0.0462 e. The number of hydrogen-bond acceptors (Lipinski definition) is 1. The molecule has 10 aromatic rings. The zero-order valence-corrected chi connectivity index (χ0v) is 40.7. The summed E-state index contributed by atoms with van der Waals surface area (Å²) in [6.07, 6.45) is 6.08. The summed E-state index contributed by atoms with van der Waals surface area (Å²) in [5.74, 6) is 1.52. The predicted octanol–water partition coefficient (Wildman–Crippen LogP) is 19.6. The van der Waals surface area contributed by atoms with E-state index in [1.165, 1.54) is 112 Å². The molecule has 1 nitrogen and oxygen atoms in total. The Morgan fingerprint density at radius 2 is 0.886 bits per heavy atom. The van der Waals surface area contributed by atoms with Gasteiger partial charge in [-0.25, -0.2) is 0 Å². The van der Waals surface area contributed by atoms with Crippen LogP contribution in [0, 0.1) is 11.8 Å². The van der Waals surface area contributed by atoms with Gasteiger partial charge < -0.3 is 4.90 Å². The van der Waals surface area contributed by atoms with Gasteiger partial charge in [-0.1, -0.05) is 189 Å². The molecule has 0 radical (unpaired) electrons. The molecule has 1 heterocycles. The first kappa shape index (κ1) is 43.6. The summed E-state index contributed by atoms with van der Waals surface area (Å²) in [6.45, 7) is 6.73. The average Bonchev–Trinajstić information content (AvgIpc) is 3.72. The maximum Gasteiger partial charge on any atom is 0.0462 e. The zero-order chi connectivity index (χ0) is 47.0. The molecule has 10 aromatic carbocycles. The largest absolute Gasteiger partial charge is 0.311 e. The molecule has 1 fully saturated rings. The molecule has 1 aliphatic carbocycles. The lowest BCUT2D eigenvalue weighted by Crippen LogP contribution is -2.15. The van der Waals surface area contributed by atoms with Crippen molar-refractivity contribution in [3.63, 3.8) is 0 Å². The molecule has 2 atom stereocenters. The lowest BCUT2D eigenvalue weighted by molar-refractivity contribution is 0.321. The Morgan fingerprint density at radius 1 is 0.429 bits per heavy atom. The number of fused-ring (bicyclic) bond motifs is 4. The molecule has 2 unspecified atom stereocenters. The van der Waals surface area contributed by atoms with E-state index >= 15 is 0 Å². The van der Waals surface area contributed by atoms with Gasteiger partial charge in [0, 0.05) is 36.6 Å². The third-order valence-electron chi connectivity index (χ3n) is 14.9. The standard InChI is InChI=1S/C68H57NS/c1-48-45-49(2)47-51(46-48)28-27-50-29-31-52(32-30-50)53-33-37-57(38-34-53)69(58-39-35-55(36-40-58)63-24-14-18-56-17-13-23-62(68(56)63)54-15-5-3-6-16-54)59-41-43-61(44-42-59)70(60-19-7-4-8-20-60)66-25-11-9-21-64(66)65-22-10-12-26-67(65)70/h3-26,29-44,49,51H,1,27-28,45-47H2,2H3. The summed E-state index contributed by atoms with van der Waals surface area (Å²) in [4.78, 5) is 7.91. The minimum Gasteiger partial charge on any atom is -0.311 e. The Hall–Kier alpha value is -7.65. The van der Waals surface area contributed by atoms with E-state index in [4.69, 9.17) is 0 Å². The number of aryl methyl sites for hydroxylation is 1. The number of allylic oxidation sites excluding steroid dienone is 1. The highest BCUT2D eigenvalue weighted by atomic mass is 32.3. The van der Waals surface area contributed by atoms with E-state index in [1.54, 1.807) is 0 Å². The second kappa shape index (κ2) is 18.7. The second-order valence-electron chi connectivity index (χ2n) is 19.5. The highest BCUT2D eigenvalue weighted by Crippen LogP contribution is 2.80. The SMILES string of the molecule is C=C1CC(C)CC(CCc2ccc(-c3ccc(N(c4ccc(-c5cccc6cccc(-c7ccccc7)c56)cc4)c4ccc(S5(c6ccccc6)c6ccccc6-c6ccccc65)cc4)cc3)cc2)C1. The molecule has 0 aromatic heterocycles. The third-order valence-corrected chi connectivity index (χ3v) is 18.9. The molecule has 0 saturated heterocycles. The van der Waals surface area contributed by atoms with Gasteiger partial charge >= 0.3 is 0 Å². The molecule has 1 saturated carbocycles. The second-order valence-corrected chi connectivity index (χ2v) is 22.6. The summed E-state index contributed by atoms with van der Waals surface area (Å²) >= 11 is 0. The highest BCUT2D eigenvalue weighted by Gasteiger charge is 2.41. The quantitative estimate of drug-likeness (QED) is 0.117. The number of nitrogens with zero attached hydrogens (tertiary/aromatic N) is 1. The molecule has 340 valence electrons. The van der Waals surface area contributed by atoms with Crippen molar-refractivity contribution in [1.29, 1.82) is 0 Å². The van der Waals surface area contributed by atoms with Crippen LogP contribution in [0.1, 0.15) is 38.2 Å². The van der Waals surface area contributed by atoms with Crippen molar-refractivity contribution in [2.24, 2.45) is 11.8 Å². The van der Waals surface area contributed by atoms with Gasteiger partial charge in [0.1, 0.15) is 0 Å². The fourth-order valence-electron chi connectivity index (χ4n) is 11.8. The lowest BCUT2D eigenvalue weighted by atomic mass is 9.77. The summed E-state index contributed by atoms with van der Waals surface area (Å²) < 4.78 is 0. The maximum absolute atomic E-state index is 4.34. The Morgan fingerprint density at radius 3 is 1.46 bits per heavy atom. The van der Waals surface area contributed by atoms with Gasteiger partial charge in [0.05, 0.1) is 0 Å². The molecule has 1 aliphatic heterocycles. The summed E-state index contributed by atoms with van der Waals surface area (Å²) in [7, 11) is -1.76. The topological polar surface area (TPSA) is 3.24 Å². The van der Waals surface area contributed by atoms with Crippen molar-refractivity contribution < 1.29 is 0 Å². The van der Waals surface area contributed by atoms with Crippen LogP contribution in [0.5, 0.6) is 0 Å². The monoisotopic (exact) mass is 919 g/mol. The fourth-order valence-corrected chi connectivity index (χ4v) is 16.0. The van der Waals surface area contributed by atoms with Crippen LogP contribution in [0.3, 0.4) is 0 Å². The minimum atomic E-state index is -1.76. The number of benzene rings is 10. The first-order chi connectivity index (χ1) is 34.5. The molecular weight excluding hydrogens is 863 g/mol. The van der Waals surface area contributed by atoms with Crippen molar-refractivity contribution >= 4 is 37.9 Å².